The third kappa shape index (κ3) is 4.77. The van der Waals surface area contributed by atoms with Gasteiger partial charge in [0.25, 0.3) is 5.69 Å². The molecule has 27 heavy (non-hydrogen) atoms. The monoisotopic (exact) mass is 369 g/mol. The van der Waals surface area contributed by atoms with Gasteiger partial charge in [-0.2, -0.15) is 0 Å². The normalized spacial score (nSPS) is 15.2. The van der Waals surface area contributed by atoms with Gasteiger partial charge in [-0.15, -0.1) is 0 Å². The maximum absolute atomic E-state index is 13.8. The van der Waals surface area contributed by atoms with Crippen LogP contribution in [-0.4, -0.2) is 46.8 Å². The molecule has 2 aromatic rings. The summed E-state index contributed by atoms with van der Waals surface area (Å²) in [5.74, 6) is -0.401. The third-order valence-electron chi connectivity index (χ3n) is 4.57. The number of hydrogen-bond acceptors (Lipinski definition) is 4. The maximum Gasteiger partial charge on any atom is 0.276 e. The average Bonchev–Trinajstić information content (AvgIpc) is 2.68. The van der Waals surface area contributed by atoms with Crippen LogP contribution in [0.1, 0.15) is 11.1 Å². The Bertz CT molecular complexity index is 861. The Morgan fingerprint density at radius 1 is 1.07 bits per heavy atom. The van der Waals surface area contributed by atoms with Crippen LogP contribution in [0, 0.1) is 15.9 Å². The predicted octanol–water partition coefficient (Wildman–Crippen LogP) is 3.09. The first-order valence-electron chi connectivity index (χ1n) is 8.71. The van der Waals surface area contributed by atoms with Gasteiger partial charge in [0.15, 0.2) is 0 Å². The van der Waals surface area contributed by atoms with E-state index in [-0.39, 0.29) is 17.4 Å². The van der Waals surface area contributed by atoms with Gasteiger partial charge in [0, 0.05) is 50.4 Å². The minimum Gasteiger partial charge on any atom is -0.337 e. The molecule has 0 aromatic heterocycles. The lowest BCUT2D eigenvalue weighted by Crippen LogP contribution is -2.47. The molecule has 1 aliphatic heterocycles. The third-order valence-corrected chi connectivity index (χ3v) is 4.57. The largest absolute Gasteiger partial charge is 0.337 e. The van der Waals surface area contributed by atoms with Crippen LogP contribution in [-0.2, 0) is 11.3 Å². The number of para-hydroxylation sites is 1. The minimum atomic E-state index is -0.467. The number of benzene rings is 2. The van der Waals surface area contributed by atoms with Crippen molar-refractivity contribution >= 4 is 17.7 Å². The van der Waals surface area contributed by atoms with Crippen molar-refractivity contribution in [1.82, 2.24) is 9.80 Å². The Hall–Kier alpha value is -3.06. The molecule has 1 amide bonds. The van der Waals surface area contributed by atoms with E-state index in [4.69, 9.17) is 0 Å². The molecule has 1 aliphatic rings. The van der Waals surface area contributed by atoms with Gasteiger partial charge in [-0.25, -0.2) is 4.39 Å². The number of carbonyl (C=O) groups excluding carboxylic acids is 1. The van der Waals surface area contributed by atoms with Crippen molar-refractivity contribution < 1.29 is 14.1 Å². The summed E-state index contributed by atoms with van der Waals surface area (Å²) in [5, 5.41) is 11.0. The lowest BCUT2D eigenvalue weighted by atomic mass is 10.1. The van der Waals surface area contributed by atoms with Crippen LogP contribution in [0.5, 0.6) is 0 Å². The number of nitro benzene ring substituents is 1. The molecule has 1 heterocycles. The Labute approximate surface area is 156 Å². The van der Waals surface area contributed by atoms with Crippen LogP contribution < -0.4 is 0 Å². The summed E-state index contributed by atoms with van der Waals surface area (Å²) in [6.45, 7) is 2.89. The van der Waals surface area contributed by atoms with E-state index < -0.39 is 4.92 Å². The van der Waals surface area contributed by atoms with E-state index in [9.17, 15) is 19.3 Å². The van der Waals surface area contributed by atoms with Crippen molar-refractivity contribution in [3.05, 3.63) is 81.7 Å². The molecule has 1 fully saturated rings. The molecule has 0 aliphatic carbocycles. The molecule has 140 valence electrons. The second-order valence-corrected chi connectivity index (χ2v) is 6.34. The molecule has 1 saturated heterocycles. The zero-order chi connectivity index (χ0) is 19.2. The zero-order valence-electron chi connectivity index (χ0n) is 14.8. The van der Waals surface area contributed by atoms with Gasteiger partial charge in [-0.1, -0.05) is 30.3 Å². The highest BCUT2D eigenvalue weighted by Gasteiger charge is 2.20. The van der Waals surface area contributed by atoms with Crippen LogP contribution in [0.15, 0.2) is 54.6 Å². The van der Waals surface area contributed by atoms with Crippen molar-refractivity contribution in [3.8, 4) is 0 Å². The molecular weight excluding hydrogens is 349 g/mol. The van der Waals surface area contributed by atoms with E-state index in [1.54, 1.807) is 35.2 Å². The first kappa shape index (κ1) is 18.7. The lowest BCUT2D eigenvalue weighted by Gasteiger charge is -2.34. The van der Waals surface area contributed by atoms with Crippen LogP contribution in [0.3, 0.4) is 0 Å². The second kappa shape index (κ2) is 8.55. The summed E-state index contributed by atoms with van der Waals surface area (Å²) in [6, 6.07) is 13.0. The van der Waals surface area contributed by atoms with Gasteiger partial charge in [0.1, 0.15) is 5.82 Å². The van der Waals surface area contributed by atoms with Crippen molar-refractivity contribution in [2.24, 2.45) is 0 Å². The van der Waals surface area contributed by atoms with Gasteiger partial charge >= 0.3 is 0 Å². The van der Waals surface area contributed by atoms with Gasteiger partial charge in [0.05, 0.1) is 10.5 Å². The fraction of sp³-hybridized carbons (Fsp3) is 0.250. The highest BCUT2D eigenvalue weighted by atomic mass is 19.1. The Morgan fingerprint density at radius 2 is 1.74 bits per heavy atom. The van der Waals surface area contributed by atoms with Crippen LogP contribution in [0.2, 0.25) is 0 Å². The van der Waals surface area contributed by atoms with E-state index in [0.29, 0.717) is 43.9 Å². The van der Waals surface area contributed by atoms with Crippen LogP contribution in [0.25, 0.3) is 6.08 Å². The number of nitro groups is 1. The molecule has 3 rings (SSSR count). The van der Waals surface area contributed by atoms with Gasteiger partial charge < -0.3 is 4.90 Å². The van der Waals surface area contributed by atoms with Crippen LogP contribution >= 0.6 is 0 Å². The van der Waals surface area contributed by atoms with Crippen LogP contribution in [0.4, 0.5) is 10.1 Å². The van der Waals surface area contributed by atoms with Crippen molar-refractivity contribution in [2.45, 2.75) is 6.54 Å². The maximum atomic E-state index is 13.8. The topological polar surface area (TPSA) is 66.7 Å². The first-order chi connectivity index (χ1) is 13.0. The number of nitrogens with zero attached hydrogens (tertiary/aromatic N) is 3. The van der Waals surface area contributed by atoms with E-state index >= 15 is 0 Å². The average molecular weight is 369 g/mol. The number of piperazine rings is 1. The van der Waals surface area contributed by atoms with Gasteiger partial charge in [0.2, 0.25) is 5.91 Å². The number of hydrogen-bond donors (Lipinski definition) is 0. The highest BCUT2D eigenvalue weighted by molar-refractivity contribution is 5.92. The Kier molecular flexibility index (Phi) is 5.93. The van der Waals surface area contributed by atoms with E-state index in [2.05, 4.69) is 4.90 Å². The summed E-state index contributed by atoms with van der Waals surface area (Å²) in [6.07, 6.45) is 2.85. The van der Waals surface area contributed by atoms with Gasteiger partial charge in [-0.3, -0.25) is 19.8 Å². The zero-order valence-corrected chi connectivity index (χ0v) is 14.8. The number of carbonyl (C=O) groups is 1. The standard InChI is InChI=1S/C20H20FN3O3/c21-18-7-3-1-6-17(18)15-22-11-13-23(14-12-22)20(25)10-9-16-5-2-4-8-19(16)24(26)27/h1-10H,11-15H2. The number of amides is 1. The molecule has 0 spiro atoms. The number of halogens is 1. The fourth-order valence-corrected chi connectivity index (χ4v) is 3.06. The quantitative estimate of drug-likeness (QED) is 0.461. The SMILES string of the molecule is O=C(C=Cc1ccccc1[N+](=O)[O-])N1CCN(Cc2ccccc2F)CC1. The molecule has 0 saturated carbocycles. The Morgan fingerprint density at radius 3 is 2.44 bits per heavy atom. The fourth-order valence-electron chi connectivity index (χ4n) is 3.06. The van der Waals surface area contributed by atoms with Gasteiger partial charge in [-0.05, 0) is 18.2 Å². The minimum absolute atomic E-state index is 0.0312. The summed E-state index contributed by atoms with van der Waals surface area (Å²) in [7, 11) is 0. The number of rotatable bonds is 5. The van der Waals surface area contributed by atoms with Crippen molar-refractivity contribution in [2.75, 3.05) is 26.2 Å². The van der Waals surface area contributed by atoms with E-state index in [0.717, 1.165) is 0 Å². The summed E-state index contributed by atoms with van der Waals surface area (Å²) >= 11 is 0. The highest BCUT2D eigenvalue weighted by Crippen LogP contribution is 2.19. The smallest absolute Gasteiger partial charge is 0.276 e. The molecular formula is C20H20FN3O3. The van der Waals surface area contributed by atoms with Crippen molar-refractivity contribution in [1.29, 1.82) is 0 Å². The molecule has 0 bridgehead atoms. The molecule has 6 nitrogen and oxygen atoms in total. The molecule has 7 heteroatoms. The summed E-state index contributed by atoms with van der Waals surface area (Å²) < 4.78 is 13.8. The summed E-state index contributed by atoms with van der Waals surface area (Å²) in [5.41, 5.74) is 1.01. The molecule has 0 unspecified atom stereocenters. The molecule has 0 atom stereocenters. The lowest BCUT2D eigenvalue weighted by molar-refractivity contribution is -0.385. The predicted molar refractivity (Wildman–Crippen MR) is 100 cm³/mol. The molecule has 2 aromatic carbocycles. The second-order valence-electron chi connectivity index (χ2n) is 6.34. The first-order valence-corrected chi connectivity index (χ1v) is 8.71. The molecule has 0 N–H and O–H groups in total. The van der Waals surface area contributed by atoms with E-state index in [1.165, 1.54) is 24.3 Å². The molecule has 0 radical (unpaired) electrons. The summed E-state index contributed by atoms with van der Waals surface area (Å²) in [4.78, 5) is 26.7. The van der Waals surface area contributed by atoms with E-state index in [1.807, 2.05) is 6.07 Å². The Balaban J connectivity index is 1.56. The van der Waals surface area contributed by atoms with Crippen molar-refractivity contribution in [3.63, 3.8) is 0 Å².